The first-order valence-electron chi connectivity index (χ1n) is 6.89. The van der Waals surface area contributed by atoms with Crippen LogP contribution < -0.4 is 10.5 Å². The molecule has 1 rings (SSSR count). The van der Waals surface area contributed by atoms with Gasteiger partial charge in [0.05, 0.1) is 12.6 Å². The SMILES string of the molecule is CCc1ccc(OCC(N)COC)c(C(C)(C)C)c1. The fraction of sp³-hybridized carbons (Fsp3) is 0.625. The molecular formula is C16H27NO2. The van der Waals surface area contributed by atoms with E-state index in [2.05, 4.69) is 45.9 Å². The Morgan fingerprint density at radius 1 is 1.21 bits per heavy atom. The Morgan fingerprint density at radius 3 is 2.42 bits per heavy atom. The molecule has 1 atom stereocenters. The lowest BCUT2D eigenvalue weighted by molar-refractivity contribution is 0.152. The van der Waals surface area contributed by atoms with Crippen molar-refractivity contribution in [1.29, 1.82) is 0 Å². The van der Waals surface area contributed by atoms with Crippen molar-refractivity contribution in [1.82, 2.24) is 0 Å². The van der Waals surface area contributed by atoms with Gasteiger partial charge in [-0.15, -0.1) is 0 Å². The first-order valence-corrected chi connectivity index (χ1v) is 6.89. The smallest absolute Gasteiger partial charge is 0.123 e. The van der Waals surface area contributed by atoms with E-state index in [9.17, 15) is 0 Å². The van der Waals surface area contributed by atoms with Crippen LogP contribution in [0.4, 0.5) is 0 Å². The van der Waals surface area contributed by atoms with Crippen molar-refractivity contribution in [2.45, 2.75) is 45.6 Å². The maximum Gasteiger partial charge on any atom is 0.123 e. The summed E-state index contributed by atoms with van der Waals surface area (Å²) in [6.07, 6.45) is 1.03. The highest BCUT2D eigenvalue weighted by atomic mass is 16.5. The van der Waals surface area contributed by atoms with Crippen LogP contribution in [0.1, 0.15) is 38.8 Å². The summed E-state index contributed by atoms with van der Waals surface area (Å²) in [5.74, 6) is 0.927. The number of aryl methyl sites for hydroxylation is 1. The van der Waals surface area contributed by atoms with E-state index in [-0.39, 0.29) is 11.5 Å². The third-order valence-corrected chi connectivity index (χ3v) is 3.09. The van der Waals surface area contributed by atoms with Gasteiger partial charge in [-0.2, -0.15) is 0 Å². The minimum atomic E-state index is -0.0938. The molecule has 3 nitrogen and oxygen atoms in total. The molecule has 1 aromatic carbocycles. The quantitative estimate of drug-likeness (QED) is 0.860. The average Bonchev–Trinajstić information content (AvgIpc) is 2.35. The van der Waals surface area contributed by atoms with Gasteiger partial charge in [-0.05, 0) is 29.0 Å². The van der Waals surface area contributed by atoms with Gasteiger partial charge in [0.15, 0.2) is 0 Å². The van der Waals surface area contributed by atoms with Crippen molar-refractivity contribution in [2.24, 2.45) is 5.73 Å². The van der Waals surface area contributed by atoms with Crippen LogP contribution in [0.3, 0.4) is 0 Å². The molecule has 0 aromatic heterocycles. The Hall–Kier alpha value is -1.06. The fourth-order valence-corrected chi connectivity index (χ4v) is 1.97. The van der Waals surface area contributed by atoms with Crippen LogP contribution >= 0.6 is 0 Å². The van der Waals surface area contributed by atoms with Crippen molar-refractivity contribution in [2.75, 3.05) is 20.3 Å². The van der Waals surface area contributed by atoms with Crippen LogP contribution in [0.25, 0.3) is 0 Å². The van der Waals surface area contributed by atoms with Crippen LogP contribution in [0.15, 0.2) is 18.2 Å². The van der Waals surface area contributed by atoms with E-state index in [1.54, 1.807) is 7.11 Å². The standard InChI is InChI=1S/C16H27NO2/c1-6-12-7-8-15(14(9-12)16(2,3)4)19-11-13(17)10-18-5/h7-9,13H,6,10-11,17H2,1-5H3. The minimum absolute atomic E-state index is 0.0614. The molecule has 0 aliphatic carbocycles. The molecule has 1 unspecified atom stereocenters. The van der Waals surface area contributed by atoms with E-state index >= 15 is 0 Å². The summed E-state index contributed by atoms with van der Waals surface area (Å²) in [6.45, 7) is 9.74. The van der Waals surface area contributed by atoms with E-state index in [4.69, 9.17) is 15.2 Å². The maximum atomic E-state index is 5.90. The second-order valence-electron chi connectivity index (χ2n) is 5.96. The van der Waals surface area contributed by atoms with Gasteiger partial charge in [0, 0.05) is 7.11 Å². The Bertz CT molecular complexity index is 396. The number of hydrogen-bond donors (Lipinski definition) is 1. The third-order valence-electron chi connectivity index (χ3n) is 3.09. The van der Waals surface area contributed by atoms with Gasteiger partial charge in [-0.3, -0.25) is 0 Å². The lowest BCUT2D eigenvalue weighted by Gasteiger charge is -2.24. The zero-order chi connectivity index (χ0) is 14.5. The number of rotatable bonds is 6. The molecular weight excluding hydrogens is 238 g/mol. The van der Waals surface area contributed by atoms with Gasteiger partial charge in [0.1, 0.15) is 12.4 Å². The molecule has 19 heavy (non-hydrogen) atoms. The van der Waals surface area contributed by atoms with Crippen molar-refractivity contribution >= 4 is 0 Å². The molecule has 1 aromatic rings. The molecule has 0 aliphatic heterocycles. The highest BCUT2D eigenvalue weighted by molar-refractivity contribution is 5.41. The number of methoxy groups -OCH3 is 1. The average molecular weight is 265 g/mol. The summed E-state index contributed by atoms with van der Waals surface area (Å²) in [5, 5.41) is 0. The van der Waals surface area contributed by atoms with Gasteiger partial charge in [0.25, 0.3) is 0 Å². The van der Waals surface area contributed by atoms with Crippen LogP contribution in [0.5, 0.6) is 5.75 Å². The maximum absolute atomic E-state index is 5.90. The second kappa shape index (κ2) is 6.92. The molecule has 0 bridgehead atoms. The lowest BCUT2D eigenvalue weighted by Crippen LogP contribution is -2.32. The zero-order valence-corrected chi connectivity index (χ0v) is 12.8. The Balaban J connectivity index is 2.87. The third kappa shape index (κ3) is 4.84. The van der Waals surface area contributed by atoms with Gasteiger partial charge in [-0.25, -0.2) is 0 Å². The minimum Gasteiger partial charge on any atom is -0.492 e. The predicted molar refractivity (Wildman–Crippen MR) is 79.9 cm³/mol. The number of hydrogen-bond acceptors (Lipinski definition) is 3. The van der Waals surface area contributed by atoms with E-state index in [0.29, 0.717) is 13.2 Å². The largest absolute Gasteiger partial charge is 0.492 e. The topological polar surface area (TPSA) is 44.5 Å². The Kier molecular flexibility index (Phi) is 5.83. The molecule has 0 fully saturated rings. The molecule has 0 heterocycles. The van der Waals surface area contributed by atoms with E-state index in [1.807, 2.05) is 0 Å². The molecule has 2 N–H and O–H groups in total. The van der Waals surface area contributed by atoms with Crippen LogP contribution in [-0.2, 0) is 16.6 Å². The van der Waals surface area contributed by atoms with Crippen LogP contribution in [-0.4, -0.2) is 26.4 Å². The summed E-state index contributed by atoms with van der Waals surface area (Å²) in [7, 11) is 1.65. The van der Waals surface area contributed by atoms with Gasteiger partial charge >= 0.3 is 0 Å². The predicted octanol–water partition coefficient (Wildman–Crippen LogP) is 2.90. The molecule has 0 aliphatic rings. The summed E-state index contributed by atoms with van der Waals surface area (Å²) >= 11 is 0. The number of benzene rings is 1. The summed E-state index contributed by atoms with van der Waals surface area (Å²) in [4.78, 5) is 0. The summed E-state index contributed by atoms with van der Waals surface area (Å²) in [5.41, 5.74) is 8.52. The normalized spacial score (nSPS) is 13.4. The number of ether oxygens (including phenoxy) is 2. The molecule has 108 valence electrons. The Morgan fingerprint density at radius 2 is 1.89 bits per heavy atom. The summed E-state index contributed by atoms with van der Waals surface area (Å²) < 4.78 is 10.9. The van der Waals surface area contributed by atoms with Crippen molar-refractivity contribution < 1.29 is 9.47 Å². The first-order chi connectivity index (χ1) is 8.88. The van der Waals surface area contributed by atoms with E-state index in [0.717, 1.165) is 12.2 Å². The van der Waals surface area contributed by atoms with Crippen LogP contribution in [0.2, 0.25) is 0 Å². The highest BCUT2D eigenvalue weighted by Gasteiger charge is 2.19. The van der Waals surface area contributed by atoms with E-state index in [1.165, 1.54) is 11.1 Å². The number of nitrogens with two attached hydrogens (primary N) is 1. The fourth-order valence-electron chi connectivity index (χ4n) is 1.97. The molecule has 0 spiro atoms. The van der Waals surface area contributed by atoms with Crippen molar-refractivity contribution in [3.63, 3.8) is 0 Å². The first kappa shape index (κ1) is 16.0. The molecule has 0 saturated carbocycles. The highest BCUT2D eigenvalue weighted by Crippen LogP contribution is 2.32. The lowest BCUT2D eigenvalue weighted by atomic mass is 9.85. The molecule has 3 heteroatoms. The molecule has 0 saturated heterocycles. The van der Waals surface area contributed by atoms with Crippen molar-refractivity contribution in [3.8, 4) is 5.75 Å². The van der Waals surface area contributed by atoms with Gasteiger partial charge in [-0.1, -0.05) is 39.8 Å². The zero-order valence-electron chi connectivity index (χ0n) is 12.8. The molecule has 0 radical (unpaired) electrons. The van der Waals surface area contributed by atoms with Gasteiger partial charge < -0.3 is 15.2 Å². The van der Waals surface area contributed by atoms with Gasteiger partial charge in [0.2, 0.25) is 0 Å². The van der Waals surface area contributed by atoms with Crippen LogP contribution in [0, 0.1) is 0 Å². The second-order valence-corrected chi connectivity index (χ2v) is 5.96. The Labute approximate surface area is 117 Å². The van der Waals surface area contributed by atoms with E-state index < -0.39 is 0 Å². The summed E-state index contributed by atoms with van der Waals surface area (Å²) in [6, 6.07) is 6.31. The van der Waals surface area contributed by atoms with Crippen molar-refractivity contribution in [3.05, 3.63) is 29.3 Å². The monoisotopic (exact) mass is 265 g/mol. The molecule has 0 amide bonds.